The highest BCUT2D eigenvalue weighted by Gasteiger charge is 2.25. The molecule has 1 aromatic carbocycles. The summed E-state index contributed by atoms with van der Waals surface area (Å²) in [4.78, 5) is 0. The summed E-state index contributed by atoms with van der Waals surface area (Å²) < 4.78 is 0. The molecular formula is C13H16N2O. The first-order chi connectivity index (χ1) is 7.72. The molecule has 0 heterocycles. The predicted molar refractivity (Wildman–Crippen MR) is 63.2 cm³/mol. The van der Waals surface area contributed by atoms with Crippen molar-refractivity contribution < 1.29 is 5.11 Å². The summed E-state index contributed by atoms with van der Waals surface area (Å²) in [6, 6.07) is 8.06. The van der Waals surface area contributed by atoms with Crippen LogP contribution in [0.3, 0.4) is 0 Å². The number of nitrogens with zero attached hydrogens (tertiary/aromatic N) is 1. The van der Waals surface area contributed by atoms with Gasteiger partial charge in [-0.15, -0.1) is 0 Å². The molecule has 0 amide bonds. The van der Waals surface area contributed by atoms with Crippen LogP contribution in [0.5, 0.6) is 0 Å². The maximum Gasteiger partial charge on any atom is 0.102 e. The van der Waals surface area contributed by atoms with Gasteiger partial charge in [-0.25, -0.2) is 0 Å². The average Bonchev–Trinajstić information content (AvgIpc) is 2.65. The van der Waals surface area contributed by atoms with E-state index in [-0.39, 0.29) is 12.1 Å². The second-order valence-corrected chi connectivity index (χ2v) is 4.36. The lowest BCUT2D eigenvalue weighted by molar-refractivity contribution is 0.172. The molecule has 2 N–H and O–H groups in total. The highest BCUT2D eigenvalue weighted by molar-refractivity contribution is 5.61. The molecule has 1 aliphatic rings. The number of nitrogens with one attached hydrogen (secondary N) is 1. The van der Waals surface area contributed by atoms with E-state index in [0.717, 1.165) is 30.5 Å². The summed E-state index contributed by atoms with van der Waals surface area (Å²) in [5.41, 5.74) is 2.50. The third-order valence-corrected chi connectivity index (χ3v) is 3.20. The molecule has 0 saturated heterocycles. The van der Waals surface area contributed by atoms with Crippen LogP contribution in [0.2, 0.25) is 0 Å². The number of hydrogen-bond donors (Lipinski definition) is 2. The number of aliphatic hydroxyl groups is 1. The lowest BCUT2D eigenvalue weighted by atomic mass is 10.1. The smallest absolute Gasteiger partial charge is 0.102 e. The summed E-state index contributed by atoms with van der Waals surface area (Å²) in [6.07, 6.45) is 2.59. The van der Waals surface area contributed by atoms with Gasteiger partial charge in [0.05, 0.1) is 23.4 Å². The van der Waals surface area contributed by atoms with E-state index in [1.165, 1.54) is 0 Å². The van der Waals surface area contributed by atoms with Gasteiger partial charge in [-0.05, 0) is 37.8 Å². The maximum atomic E-state index is 9.74. The molecule has 1 saturated carbocycles. The highest BCUT2D eigenvalue weighted by atomic mass is 16.3. The molecule has 1 aliphatic carbocycles. The normalized spacial score (nSPS) is 24.1. The van der Waals surface area contributed by atoms with Crippen LogP contribution in [0.1, 0.15) is 30.4 Å². The van der Waals surface area contributed by atoms with Gasteiger partial charge >= 0.3 is 0 Å². The zero-order chi connectivity index (χ0) is 11.5. The van der Waals surface area contributed by atoms with Crippen molar-refractivity contribution in [3.05, 3.63) is 29.3 Å². The number of rotatable bonds is 2. The predicted octanol–water partition coefficient (Wildman–Crippen LogP) is 2.19. The van der Waals surface area contributed by atoms with Crippen molar-refractivity contribution in [1.29, 1.82) is 5.26 Å². The summed E-state index contributed by atoms with van der Waals surface area (Å²) in [5, 5.41) is 22.1. The first kappa shape index (κ1) is 11.0. The first-order valence-electron chi connectivity index (χ1n) is 5.66. The standard InChI is InChI=1S/C13H16N2O/c1-9-4-2-5-11(10(9)8-14)15-12-6-3-7-13(12)16/h2,4-5,12-13,15-16H,3,6-7H2,1H3/t12-,13-/m0/s1. The van der Waals surface area contributed by atoms with E-state index in [4.69, 9.17) is 5.26 Å². The molecule has 0 unspecified atom stereocenters. The van der Waals surface area contributed by atoms with Crippen molar-refractivity contribution in [3.8, 4) is 6.07 Å². The molecule has 2 rings (SSSR count). The fraction of sp³-hybridized carbons (Fsp3) is 0.462. The van der Waals surface area contributed by atoms with E-state index < -0.39 is 0 Å². The van der Waals surface area contributed by atoms with E-state index >= 15 is 0 Å². The fourth-order valence-electron chi connectivity index (χ4n) is 2.25. The first-order valence-corrected chi connectivity index (χ1v) is 5.66. The monoisotopic (exact) mass is 216 g/mol. The fourth-order valence-corrected chi connectivity index (χ4v) is 2.25. The van der Waals surface area contributed by atoms with Gasteiger partial charge in [0.2, 0.25) is 0 Å². The Morgan fingerprint density at radius 3 is 2.88 bits per heavy atom. The minimum absolute atomic E-state index is 0.0916. The van der Waals surface area contributed by atoms with Gasteiger partial charge in [0.25, 0.3) is 0 Å². The Labute approximate surface area is 95.7 Å². The lowest BCUT2D eigenvalue weighted by Gasteiger charge is -2.19. The Bertz CT molecular complexity index is 422. The summed E-state index contributed by atoms with van der Waals surface area (Å²) in [6.45, 7) is 1.93. The van der Waals surface area contributed by atoms with Crippen LogP contribution < -0.4 is 5.32 Å². The van der Waals surface area contributed by atoms with Crippen LogP contribution in [0.25, 0.3) is 0 Å². The quantitative estimate of drug-likeness (QED) is 0.796. The van der Waals surface area contributed by atoms with Crippen LogP contribution in [-0.2, 0) is 0 Å². The number of nitriles is 1. The maximum absolute atomic E-state index is 9.74. The van der Waals surface area contributed by atoms with Crippen molar-refractivity contribution in [2.75, 3.05) is 5.32 Å². The minimum atomic E-state index is -0.285. The molecular weight excluding hydrogens is 200 g/mol. The molecule has 0 aliphatic heterocycles. The molecule has 0 aromatic heterocycles. The molecule has 1 aromatic rings. The van der Waals surface area contributed by atoms with Crippen molar-refractivity contribution in [2.24, 2.45) is 0 Å². The van der Waals surface area contributed by atoms with Crippen LogP contribution >= 0.6 is 0 Å². The van der Waals surface area contributed by atoms with E-state index in [1.807, 2.05) is 25.1 Å². The second-order valence-electron chi connectivity index (χ2n) is 4.36. The number of aryl methyl sites for hydroxylation is 1. The summed E-state index contributed by atoms with van der Waals surface area (Å²) in [7, 11) is 0. The number of aliphatic hydroxyl groups excluding tert-OH is 1. The van der Waals surface area contributed by atoms with E-state index in [1.54, 1.807) is 0 Å². The lowest BCUT2D eigenvalue weighted by Crippen LogP contribution is -2.28. The molecule has 0 radical (unpaired) electrons. The van der Waals surface area contributed by atoms with Gasteiger partial charge < -0.3 is 10.4 Å². The van der Waals surface area contributed by atoms with Crippen molar-refractivity contribution >= 4 is 5.69 Å². The molecule has 16 heavy (non-hydrogen) atoms. The van der Waals surface area contributed by atoms with Gasteiger partial charge in [0, 0.05) is 0 Å². The average molecular weight is 216 g/mol. The summed E-state index contributed by atoms with van der Waals surface area (Å²) >= 11 is 0. The zero-order valence-electron chi connectivity index (χ0n) is 9.40. The number of anilines is 1. The molecule has 2 atom stereocenters. The highest BCUT2D eigenvalue weighted by Crippen LogP contribution is 2.25. The van der Waals surface area contributed by atoms with Gasteiger partial charge in [-0.1, -0.05) is 12.1 Å². The molecule has 0 spiro atoms. The second kappa shape index (κ2) is 4.54. The topological polar surface area (TPSA) is 56.0 Å². The summed E-state index contributed by atoms with van der Waals surface area (Å²) in [5.74, 6) is 0. The molecule has 84 valence electrons. The van der Waals surface area contributed by atoms with Crippen molar-refractivity contribution in [1.82, 2.24) is 0 Å². The van der Waals surface area contributed by atoms with Crippen LogP contribution in [0.4, 0.5) is 5.69 Å². The molecule has 0 bridgehead atoms. The Morgan fingerprint density at radius 2 is 2.25 bits per heavy atom. The van der Waals surface area contributed by atoms with E-state index in [9.17, 15) is 5.11 Å². The Balaban J connectivity index is 2.21. The molecule has 3 heteroatoms. The van der Waals surface area contributed by atoms with E-state index in [0.29, 0.717) is 5.56 Å². The molecule has 3 nitrogen and oxygen atoms in total. The van der Waals surface area contributed by atoms with E-state index in [2.05, 4.69) is 11.4 Å². The molecule has 1 fully saturated rings. The minimum Gasteiger partial charge on any atom is -0.391 e. The van der Waals surface area contributed by atoms with Gasteiger partial charge in [0.15, 0.2) is 0 Å². The Morgan fingerprint density at radius 1 is 1.44 bits per heavy atom. The number of hydrogen-bond acceptors (Lipinski definition) is 3. The third kappa shape index (κ3) is 2.02. The van der Waals surface area contributed by atoms with Crippen LogP contribution in [-0.4, -0.2) is 17.3 Å². The van der Waals surface area contributed by atoms with Crippen LogP contribution in [0.15, 0.2) is 18.2 Å². The Kier molecular flexibility index (Phi) is 3.12. The SMILES string of the molecule is Cc1cccc(N[C@H]2CCC[C@@H]2O)c1C#N. The number of benzene rings is 1. The van der Waals surface area contributed by atoms with Crippen LogP contribution in [0, 0.1) is 18.3 Å². The zero-order valence-corrected chi connectivity index (χ0v) is 9.40. The van der Waals surface area contributed by atoms with Gasteiger partial charge in [0.1, 0.15) is 6.07 Å². The largest absolute Gasteiger partial charge is 0.391 e. The van der Waals surface area contributed by atoms with Gasteiger partial charge in [-0.2, -0.15) is 5.26 Å². The van der Waals surface area contributed by atoms with Crippen molar-refractivity contribution in [3.63, 3.8) is 0 Å². The van der Waals surface area contributed by atoms with Crippen molar-refractivity contribution in [2.45, 2.75) is 38.3 Å². The Hall–Kier alpha value is -1.53. The van der Waals surface area contributed by atoms with Gasteiger partial charge in [-0.3, -0.25) is 0 Å². The third-order valence-electron chi connectivity index (χ3n) is 3.20.